The standard InChI is InChI=1S/C23H27IN2O5/c1-23(2)30-13-12-29-19(14-26-22(28)17-10-6-7-11-18(17)24)20(31-23)15-25-21(27)16-8-4-3-5-9-16/h3-11,19-20H,12-15H2,1-2H3,(H,25,27)(H,26,28)/t19-,20+/m1/s1. The Morgan fingerprint density at radius 1 is 0.935 bits per heavy atom. The fourth-order valence-corrected chi connectivity index (χ4v) is 3.88. The van der Waals surface area contributed by atoms with Crippen LogP contribution in [0.15, 0.2) is 54.6 Å². The summed E-state index contributed by atoms with van der Waals surface area (Å²) in [6.45, 7) is 4.84. The predicted molar refractivity (Wildman–Crippen MR) is 125 cm³/mol. The third-order valence-electron chi connectivity index (χ3n) is 4.80. The fourth-order valence-electron chi connectivity index (χ4n) is 3.25. The SMILES string of the molecule is CC1(C)OCCO[C@H](CNC(=O)c2ccccc2I)[C@H](CNC(=O)c2ccccc2)O1. The molecule has 2 aromatic rings. The highest BCUT2D eigenvalue weighted by atomic mass is 127. The van der Waals surface area contributed by atoms with E-state index in [0.29, 0.717) is 24.3 Å². The number of amides is 2. The number of halogens is 1. The van der Waals surface area contributed by atoms with Crippen LogP contribution < -0.4 is 10.6 Å². The van der Waals surface area contributed by atoms with E-state index in [4.69, 9.17) is 14.2 Å². The zero-order valence-corrected chi connectivity index (χ0v) is 19.8. The Kier molecular flexibility index (Phi) is 8.42. The molecule has 166 valence electrons. The van der Waals surface area contributed by atoms with Crippen molar-refractivity contribution in [1.29, 1.82) is 0 Å². The van der Waals surface area contributed by atoms with Crippen molar-refractivity contribution in [2.75, 3.05) is 26.3 Å². The highest BCUT2D eigenvalue weighted by Crippen LogP contribution is 2.20. The van der Waals surface area contributed by atoms with E-state index in [-0.39, 0.29) is 24.9 Å². The summed E-state index contributed by atoms with van der Waals surface area (Å²) < 4.78 is 18.6. The van der Waals surface area contributed by atoms with Crippen molar-refractivity contribution >= 4 is 34.4 Å². The Bertz CT molecular complexity index is 891. The van der Waals surface area contributed by atoms with Crippen LogP contribution in [0, 0.1) is 3.57 Å². The van der Waals surface area contributed by atoms with Crippen molar-refractivity contribution in [1.82, 2.24) is 10.6 Å². The number of rotatable bonds is 6. The Labute approximate surface area is 196 Å². The Morgan fingerprint density at radius 3 is 2.32 bits per heavy atom. The maximum Gasteiger partial charge on any atom is 0.252 e. The van der Waals surface area contributed by atoms with Gasteiger partial charge in [-0.1, -0.05) is 30.3 Å². The molecule has 0 radical (unpaired) electrons. The molecule has 1 heterocycles. The van der Waals surface area contributed by atoms with E-state index in [0.717, 1.165) is 3.57 Å². The Morgan fingerprint density at radius 2 is 1.58 bits per heavy atom. The average molecular weight is 538 g/mol. The van der Waals surface area contributed by atoms with Gasteiger partial charge in [-0.05, 0) is 60.7 Å². The Balaban J connectivity index is 1.67. The second kappa shape index (κ2) is 11.0. The van der Waals surface area contributed by atoms with Crippen LogP contribution in [0.2, 0.25) is 0 Å². The molecule has 2 aromatic carbocycles. The maximum absolute atomic E-state index is 12.6. The number of carbonyl (C=O) groups excluding carboxylic acids is 2. The first-order valence-corrected chi connectivity index (χ1v) is 11.2. The zero-order chi connectivity index (χ0) is 22.3. The molecular weight excluding hydrogens is 511 g/mol. The molecular formula is C23H27IN2O5. The average Bonchev–Trinajstić information content (AvgIpc) is 2.75. The second-order valence-corrected chi connectivity index (χ2v) is 8.74. The highest BCUT2D eigenvalue weighted by Gasteiger charge is 2.33. The monoisotopic (exact) mass is 538 g/mol. The first-order valence-electron chi connectivity index (χ1n) is 10.1. The smallest absolute Gasteiger partial charge is 0.252 e. The molecule has 0 spiro atoms. The van der Waals surface area contributed by atoms with E-state index < -0.39 is 18.0 Å². The molecule has 0 bridgehead atoms. The quantitative estimate of drug-likeness (QED) is 0.553. The number of ether oxygens (including phenoxy) is 3. The van der Waals surface area contributed by atoms with Crippen molar-refractivity contribution < 1.29 is 23.8 Å². The van der Waals surface area contributed by atoms with Crippen LogP contribution in [0.4, 0.5) is 0 Å². The molecule has 2 N–H and O–H groups in total. The third kappa shape index (κ3) is 6.99. The number of nitrogens with one attached hydrogen (secondary N) is 2. The lowest BCUT2D eigenvalue weighted by Gasteiger charge is -2.37. The molecule has 0 saturated carbocycles. The van der Waals surface area contributed by atoms with Gasteiger partial charge in [-0.15, -0.1) is 0 Å². The summed E-state index contributed by atoms with van der Waals surface area (Å²) in [5.41, 5.74) is 1.17. The molecule has 31 heavy (non-hydrogen) atoms. The Hall–Kier alpha value is -2.01. The van der Waals surface area contributed by atoms with Gasteiger partial charge in [-0.3, -0.25) is 9.59 Å². The number of hydrogen-bond acceptors (Lipinski definition) is 5. The van der Waals surface area contributed by atoms with Crippen molar-refractivity contribution in [3.05, 3.63) is 69.3 Å². The summed E-state index contributed by atoms with van der Waals surface area (Å²) in [7, 11) is 0. The van der Waals surface area contributed by atoms with Crippen LogP contribution in [0.25, 0.3) is 0 Å². The molecule has 3 rings (SSSR count). The molecule has 0 unspecified atom stereocenters. The summed E-state index contributed by atoms with van der Waals surface area (Å²) in [6, 6.07) is 16.3. The lowest BCUT2D eigenvalue weighted by atomic mass is 10.1. The van der Waals surface area contributed by atoms with Gasteiger partial charge < -0.3 is 24.8 Å². The van der Waals surface area contributed by atoms with Crippen LogP contribution in [-0.4, -0.2) is 56.1 Å². The van der Waals surface area contributed by atoms with E-state index in [1.165, 1.54) is 0 Å². The first-order chi connectivity index (χ1) is 14.9. The molecule has 1 aliphatic heterocycles. The molecule has 1 saturated heterocycles. The molecule has 2 amide bonds. The summed E-state index contributed by atoms with van der Waals surface area (Å²) in [5.74, 6) is -1.23. The normalized spacial score (nSPS) is 20.9. The molecule has 7 nitrogen and oxygen atoms in total. The maximum atomic E-state index is 12.6. The van der Waals surface area contributed by atoms with Gasteiger partial charge in [0, 0.05) is 22.2 Å². The van der Waals surface area contributed by atoms with Crippen LogP contribution in [0.1, 0.15) is 34.6 Å². The highest BCUT2D eigenvalue weighted by molar-refractivity contribution is 14.1. The number of benzene rings is 2. The zero-order valence-electron chi connectivity index (χ0n) is 17.6. The van der Waals surface area contributed by atoms with E-state index in [1.54, 1.807) is 18.2 Å². The van der Waals surface area contributed by atoms with Crippen LogP contribution in [0.5, 0.6) is 0 Å². The van der Waals surface area contributed by atoms with Crippen LogP contribution in [0.3, 0.4) is 0 Å². The summed E-state index contributed by atoms with van der Waals surface area (Å²) >= 11 is 2.13. The van der Waals surface area contributed by atoms with Gasteiger partial charge in [-0.25, -0.2) is 0 Å². The van der Waals surface area contributed by atoms with Crippen LogP contribution >= 0.6 is 22.6 Å². The predicted octanol–water partition coefficient (Wildman–Crippen LogP) is 2.99. The van der Waals surface area contributed by atoms with E-state index >= 15 is 0 Å². The number of carbonyl (C=O) groups is 2. The van der Waals surface area contributed by atoms with Crippen LogP contribution in [-0.2, 0) is 14.2 Å². The molecule has 2 atom stereocenters. The molecule has 1 fully saturated rings. The van der Waals surface area contributed by atoms with Crippen molar-refractivity contribution in [3.8, 4) is 0 Å². The first kappa shape index (κ1) is 23.6. The van der Waals surface area contributed by atoms with Crippen molar-refractivity contribution in [3.63, 3.8) is 0 Å². The van der Waals surface area contributed by atoms with Gasteiger partial charge in [-0.2, -0.15) is 0 Å². The topological polar surface area (TPSA) is 85.9 Å². The van der Waals surface area contributed by atoms with Crippen molar-refractivity contribution in [2.24, 2.45) is 0 Å². The minimum atomic E-state index is -0.844. The largest absolute Gasteiger partial charge is 0.371 e. The molecule has 1 aliphatic rings. The van der Waals surface area contributed by atoms with Gasteiger partial charge in [0.2, 0.25) is 0 Å². The second-order valence-electron chi connectivity index (χ2n) is 7.58. The van der Waals surface area contributed by atoms with E-state index in [2.05, 4.69) is 33.2 Å². The lowest BCUT2D eigenvalue weighted by Crippen LogP contribution is -2.52. The summed E-state index contributed by atoms with van der Waals surface area (Å²) in [6.07, 6.45) is -0.970. The van der Waals surface area contributed by atoms with Crippen molar-refractivity contribution in [2.45, 2.75) is 31.8 Å². The minimum absolute atomic E-state index is 0.182. The summed E-state index contributed by atoms with van der Waals surface area (Å²) in [5, 5.41) is 5.83. The van der Waals surface area contributed by atoms with E-state index in [1.807, 2.05) is 50.2 Å². The molecule has 0 aromatic heterocycles. The fraction of sp³-hybridized carbons (Fsp3) is 0.391. The summed E-state index contributed by atoms with van der Waals surface area (Å²) in [4.78, 5) is 25.1. The van der Waals surface area contributed by atoms with E-state index in [9.17, 15) is 9.59 Å². The van der Waals surface area contributed by atoms with Gasteiger partial charge >= 0.3 is 0 Å². The minimum Gasteiger partial charge on any atom is -0.371 e. The van der Waals surface area contributed by atoms with Gasteiger partial charge in [0.25, 0.3) is 11.8 Å². The molecule has 8 heteroatoms. The van der Waals surface area contributed by atoms with Gasteiger partial charge in [0.1, 0.15) is 12.2 Å². The molecule has 0 aliphatic carbocycles. The number of hydrogen-bond donors (Lipinski definition) is 2. The third-order valence-corrected chi connectivity index (χ3v) is 5.74. The van der Waals surface area contributed by atoms with Gasteiger partial charge in [0.05, 0.1) is 18.8 Å². The lowest BCUT2D eigenvalue weighted by molar-refractivity contribution is -0.277. The van der Waals surface area contributed by atoms with Gasteiger partial charge in [0.15, 0.2) is 5.79 Å².